The molecule has 17 aromatic rings. The van der Waals surface area contributed by atoms with E-state index in [0.29, 0.717) is 0 Å². The smallest absolute Gasteiger partial charge is 0.0543 e. The number of hydrogen-bond donors (Lipinski definition) is 0. The molecule has 102 heavy (non-hydrogen) atoms. The fraction of sp³-hybridized carbons (Fsp3) is 0.0600. The Morgan fingerprint density at radius 3 is 1.24 bits per heavy atom. The average molecular weight is 1300 g/mol. The van der Waals surface area contributed by atoms with Gasteiger partial charge in [-0.15, -0.1) is 0 Å². The van der Waals surface area contributed by atoms with E-state index in [1.807, 2.05) is 0 Å². The van der Waals surface area contributed by atoms with Gasteiger partial charge in [-0.3, -0.25) is 0 Å². The largest absolute Gasteiger partial charge is 0.310 e. The first-order valence-electron chi connectivity index (χ1n) is 35.7. The van der Waals surface area contributed by atoms with E-state index >= 15 is 0 Å². The van der Waals surface area contributed by atoms with Crippen LogP contribution < -0.4 is 9.80 Å². The minimum atomic E-state index is -0.376. The van der Waals surface area contributed by atoms with Crippen molar-refractivity contribution in [2.45, 2.75) is 38.5 Å². The molecule has 0 amide bonds. The van der Waals surface area contributed by atoms with E-state index in [2.05, 4.69) is 401 Å². The molecule has 2 heteroatoms. The summed E-state index contributed by atoms with van der Waals surface area (Å²) < 4.78 is 0. The van der Waals surface area contributed by atoms with Gasteiger partial charge in [0.2, 0.25) is 0 Å². The van der Waals surface area contributed by atoms with Crippen LogP contribution in [0.5, 0.6) is 0 Å². The van der Waals surface area contributed by atoms with Crippen molar-refractivity contribution in [2.24, 2.45) is 0 Å². The van der Waals surface area contributed by atoms with E-state index in [0.717, 1.165) is 67.5 Å². The van der Waals surface area contributed by atoms with Gasteiger partial charge in [-0.05, 0) is 258 Å². The van der Waals surface area contributed by atoms with Crippen LogP contribution in [-0.2, 0) is 10.8 Å². The van der Waals surface area contributed by atoms with E-state index in [1.54, 1.807) is 0 Å². The SMILES string of the molecule is CC1(C)c2cc(N(c3ccccc3)c3ccccc3)ccc2-c2cc3c(cc21)-c1c(cc(N(c2ccccc2)c2cc(-c4cc(-c5ccccc5)cc(-c5ccccc5)c4)cc(-c4ccc(-c5cccc6ccccc56)c5cc(-c6cccc7ccccc67)ccc45)c2)c2ccccc12)C3(C)C. The van der Waals surface area contributed by atoms with Gasteiger partial charge in [-0.25, -0.2) is 0 Å². The zero-order valence-corrected chi connectivity index (χ0v) is 57.5. The number of anilines is 6. The van der Waals surface area contributed by atoms with Crippen LogP contribution in [0, 0.1) is 0 Å². The summed E-state index contributed by atoms with van der Waals surface area (Å²) in [5.41, 5.74) is 30.7. The van der Waals surface area contributed by atoms with Crippen LogP contribution in [0.3, 0.4) is 0 Å². The van der Waals surface area contributed by atoms with Crippen LogP contribution >= 0.6 is 0 Å². The van der Waals surface area contributed by atoms with Gasteiger partial charge < -0.3 is 9.80 Å². The molecule has 0 aromatic heterocycles. The Kier molecular flexibility index (Phi) is 14.3. The highest BCUT2D eigenvalue weighted by molar-refractivity contribution is 6.14. The summed E-state index contributed by atoms with van der Waals surface area (Å²) in [5, 5.41) is 9.73. The van der Waals surface area contributed by atoms with Crippen molar-refractivity contribution in [1.29, 1.82) is 0 Å². The van der Waals surface area contributed by atoms with Crippen LogP contribution in [0.2, 0.25) is 0 Å². The van der Waals surface area contributed by atoms with Gasteiger partial charge in [0, 0.05) is 44.7 Å². The summed E-state index contributed by atoms with van der Waals surface area (Å²) in [4.78, 5) is 4.95. The Labute approximate surface area is 597 Å². The molecule has 0 saturated heterocycles. The lowest BCUT2D eigenvalue weighted by molar-refractivity contribution is 0.652. The molecule has 0 fully saturated rings. The fourth-order valence-electron chi connectivity index (χ4n) is 17.1. The lowest BCUT2D eigenvalue weighted by Crippen LogP contribution is -2.18. The highest BCUT2D eigenvalue weighted by Gasteiger charge is 2.43. The highest BCUT2D eigenvalue weighted by Crippen LogP contribution is 2.60. The van der Waals surface area contributed by atoms with Crippen molar-refractivity contribution < 1.29 is 0 Å². The summed E-state index contributed by atoms with van der Waals surface area (Å²) >= 11 is 0. The van der Waals surface area contributed by atoms with E-state index in [4.69, 9.17) is 0 Å². The van der Waals surface area contributed by atoms with Crippen molar-refractivity contribution in [3.8, 4) is 89.0 Å². The topological polar surface area (TPSA) is 6.48 Å². The van der Waals surface area contributed by atoms with Crippen molar-refractivity contribution in [3.63, 3.8) is 0 Å². The van der Waals surface area contributed by atoms with E-state index in [-0.39, 0.29) is 10.8 Å². The standard InChI is InChI=1S/C100H72N2/c1-99(2)93-61-78(101(75-36-14-7-15-37-75)76-38-16-8-17-39-76)49-51-87(93)91-62-95-92(63-94(91)99)98-89-45-25-24-44-88(89)97(64-96(98)100(95,3)4)102(77-40-18-9-19-41-77)79-58-73(72-55-70(65-28-10-5-11-29-65)54-71(56-72)66-30-12-6-13-31-66)57-74(59-79)83-52-53-86(84-47-27-35-68-33-21-23-43-81(68)84)90-60-69(48-50-85(83)90)82-46-26-34-67-32-20-22-42-80(67)82/h5-64H,1-4H3. The molecule has 2 nitrogen and oxygen atoms in total. The molecular weight excluding hydrogens is 1230 g/mol. The van der Waals surface area contributed by atoms with E-state index in [1.165, 1.54) is 121 Å². The normalized spacial score (nSPS) is 13.1. The third-order valence-electron chi connectivity index (χ3n) is 22.1. The number of hydrogen-bond acceptors (Lipinski definition) is 2. The highest BCUT2D eigenvalue weighted by atomic mass is 15.1. The Morgan fingerprint density at radius 2 is 0.608 bits per heavy atom. The molecule has 19 rings (SSSR count). The van der Waals surface area contributed by atoms with Gasteiger partial charge in [0.15, 0.2) is 0 Å². The lowest BCUT2D eigenvalue weighted by Gasteiger charge is -2.30. The van der Waals surface area contributed by atoms with Gasteiger partial charge in [0.05, 0.1) is 5.69 Å². The predicted molar refractivity (Wildman–Crippen MR) is 434 cm³/mol. The number of benzene rings is 17. The second-order valence-electron chi connectivity index (χ2n) is 28.7. The van der Waals surface area contributed by atoms with Crippen LogP contribution in [-0.4, -0.2) is 0 Å². The summed E-state index contributed by atoms with van der Waals surface area (Å²) in [6, 6.07) is 136. The molecule has 2 aliphatic carbocycles. The lowest BCUT2D eigenvalue weighted by atomic mass is 9.79. The molecule has 0 bridgehead atoms. The minimum absolute atomic E-state index is 0.284. The summed E-state index contributed by atoms with van der Waals surface area (Å²) in [7, 11) is 0. The van der Waals surface area contributed by atoms with Crippen molar-refractivity contribution in [3.05, 3.63) is 386 Å². The molecule has 2 aliphatic rings. The van der Waals surface area contributed by atoms with Gasteiger partial charge in [-0.1, -0.05) is 282 Å². The monoisotopic (exact) mass is 1300 g/mol. The molecular formula is C100H72N2. The number of para-hydroxylation sites is 3. The van der Waals surface area contributed by atoms with E-state index < -0.39 is 0 Å². The van der Waals surface area contributed by atoms with Gasteiger partial charge >= 0.3 is 0 Å². The van der Waals surface area contributed by atoms with Crippen molar-refractivity contribution in [1.82, 2.24) is 0 Å². The van der Waals surface area contributed by atoms with Gasteiger partial charge in [0.25, 0.3) is 0 Å². The maximum Gasteiger partial charge on any atom is 0.0543 e. The number of rotatable bonds is 12. The minimum Gasteiger partial charge on any atom is -0.310 e. The summed E-state index contributed by atoms with van der Waals surface area (Å²) in [6.45, 7) is 9.77. The first-order valence-corrected chi connectivity index (χ1v) is 35.7. The number of fused-ring (bicyclic) bond motifs is 11. The van der Waals surface area contributed by atoms with Crippen LogP contribution in [0.1, 0.15) is 49.9 Å². The van der Waals surface area contributed by atoms with Crippen molar-refractivity contribution in [2.75, 3.05) is 9.80 Å². The molecule has 0 aliphatic heterocycles. The fourth-order valence-corrected chi connectivity index (χ4v) is 17.1. The molecule has 0 heterocycles. The zero-order chi connectivity index (χ0) is 68.2. The molecule has 17 aromatic carbocycles. The zero-order valence-electron chi connectivity index (χ0n) is 57.5. The first-order chi connectivity index (χ1) is 50.1. The molecule has 0 N–H and O–H groups in total. The molecule has 0 saturated carbocycles. The molecule has 0 radical (unpaired) electrons. The van der Waals surface area contributed by atoms with Crippen LogP contribution in [0.15, 0.2) is 364 Å². The van der Waals surface area contributed by atoms with Crippen molar-refractivity contribution >= 4 is 77.2 Å². The number of nitrogens with zero attached hydrogens (tertiary/aromatic N) is 2. The second kappa shape index (κ2) is 24.1. The van der Waals surface area contributed by atoms with Gasteiger partial charge in [-0.2, -0.15) is 0 Å². The van der Waals surface area contributed by atoms with E-state index in [9.17, 15) is 0 Å². The molecule has 0 spiro atoms. The average Bonchev–Trinajstić information content (AvgIpc) is 1.63. The quantitative estimate of drug-likeness (QED) is 0.120. The van der Waals surface area contributed by atoms with Gasteiger partial charge in [0.1, 0.15) is 0 Å². The summed E-state index contributed by atoms with van der Waals surface area (Å²) in [6.07, 6.45) is 0. The Hall–Kier alpha value is -12.6. The third kappa shape index (κ3) is 10.00. The predicted octanol–water partition coefficient (Wildman–Crippen LogP) is 27.9. The third-order valence-corrected chi connectivity index (χ3v) is 22.1. The summed E-state index contributed by atoms with van der Waals surface area (Å²) in [5.74, 6) is 0. The maximum absolute atomic E-state index is 2.58. The Bertz CT molecular complexity index is 6060. The Balaban J connectivity index is 0.829. The Morgan fingerprint density at radius 1 is 0.186 bits per heavy atom. The van der Waals surface area contributed by atoms with Crippen LogP contribution in [0.4, 0.5) is 34.1 Å². The molecule has 0 atom stereocenters. The molecule has 482 valence electrons. The van der Waals surface area contributed by atoms with Crippen LogP contribution in [0.25, 0.3) is 132 Å². The molecule has 0 unspecified atom stereocenters. The second-order valence-corrected chi connectivity index (χ2v) is 28.7. The maximum atomic E-state index is 2.58. The first kappa shape index (κ1) is 60.5.